The molecule has 0 unspecified atom stereocenters. The van der Waals surface area contributed by atoms with Gasteiger partial charge in [-0.3, -0.25) is 14.9 Å². The topological polar surface area (TPSA) is 87.2 Å². The van der Waals surface area contributed by atoms with Gasteiger partial charge in [-0.25, -0.2) is 9.97 Å². The number of hydrogen-bond donors (Lipinski definition) is 2. The molecule has 0 aromatic carbocycles. The van der Waals surface area contributed by atoms with Gasteiger partial charge in [0.1, 0.15) is 17.5 Å². The summed E-state index contributed by atoms with van der Waals surface area (Å²) in [6.45, 7) is 2.22. The monoisotopic (exact) mass is 249 g/mol. The van der Waals surface area contributed by atoms with Gasteiger partial charge < -0.3 is 10.2 Å². The molecule has 0 aliphatic carbocycles. The van der Waals surface area contributed by atoms with Crippen LogP contribution in [0, 0.1) is 0 Å². The Morgan fingerprint density at radius 2 is 2.00 bits per heavy atom. The number of rotatable bonds is 3. The number of nitrogens with zero attached hydrogens (tertiary/aromatic N) is 3. The summed E-state index contributed by atoms with van der Waals surface area (Å²) >= 11 is 0. The third-order valence-corrected chi connectivity index (χ3v) is 2.60. The van der Waals surface area contributed by atoms with Gasteiger partial charge in [0.05, 0.1) is 13.1 Å². The molecule has 0 saturated carbocycles. The molecule has 18 heavy (non-hydrogen) atoms. The van der Waals surface area contributed by atoms with Crippen molar-refractivity contribution in [1.82, 2.24) is 15.3 Å². The minimum Gasteiger partial charge on any atom is -0.373 e. The van der Waals surface area contributed by atoms with Crippen LogP contribution in [-0.2, 0) is 16.0 Å². The van der Waals surface area contributed by atoms with Crippen molar-refractivity contribution < 1.29 is 9.59 Å². The van der Waals surface area contributed by atoms with E-state index in [0.29, 0.717) is 23.9 Å². The first kappa shape index (κ1) is 12.3. The molecule has 0 spiro atoms. The zero-order chi connectivity index (χ0) is 13.1. The van der Waals surface area contributed by atoms with Crippen LogP contribution < -0.4 is 15.5 Å². The molecule has 0 atom stereocenters. The van der Waals surface area contributed by atoms with Gasteiger partial charge in [0, 0.05) is 19.5 Å². The molecule has 1 fully saturated rings. The molecule has 0 bridgehead atoms. The van der Waals surface area contributed by atoms with Gasteiger partial charge in [-0.05, 0) is 0 Å². The maximum absolute atomic E-state index is 11.3. The molecule has 2 heterocycles. The summed E-state index contributed by atoms with van der Waals surface area (Å²) in [5.74, 6) is 1.32. The van der Waals surface area contributed by atoms with Crippen LogP contribution in [0.3, 0.4) is 0 Å². The number of amides is 2. The molecule has 7 nitrogen and oxygen atoms in total. The number of carbonyl (C=O) groups is 2. The minimum atomic E-state index is -0.311. The van der Waals surface area contributed by atoms with Gasteiger partial charge in [0.15, 0.2) is 0 Å². The number of imide groups is 1. The number of carbonyl (C=O) groups excluding carboxylic acids is 2. The Labute approximate surface area is 105 Å². The lowest BCUT2D eigenvalue weighted by molar-refractivity contribution is -0.130. The molecule has 1 aliphatic rings. The van der Waals surface area contributed by atoms with E-state index in [-0.39, 0.29) is 24.9 Å². The highest BCUT2D eigenvalue weighted by molar-refractivity contribution is 6.02. The predicted molar refractivity (Wildman–Crippen MR) is 66.3 cm³/mol. The SMILES string of the molecule is CCc1nc(NC)cc(N2CC(=O)NC(=O)C2)n1. The van der Waals surface area contributed by atoms with Crippen LogP contribution >= 0.6 is 0 Å². The molecule has 2 N–H and O–H groups in total. The van der Waals surface area contributed by atoms with E-state index >= 15 is 0 Å². The van der Waals surface area contributed by atoms with Gasteiger partial charge >= 0.3 is 0 Å². The lowest BCUT2D eigenvalue weighted by Gasteiger charge is -2.26. The highest BCUT2D eigenvalue weighted by atomic mass is 16.2. The van der Waals surface area contributed by atoms with Crippen molar-refractivity contribution in [2.45, 2.75) is 13.3 Å². The summed E-state index contributed by atoms with van der Waals surface area (Å²) in [5, 5.41) is 5.20. The molecule has 1 saturated heterocycles. The summed E-state index contributed by atoms with van der Waals surface area (Å²) in [6, 6.07) is 1.73. The minimum absolute atomic E-state index is 0.134. The Kier molecular flexibility index (Phi) is 3.40. The average molecular weight is 249 g/mol. The molecule has 2 amide bonds. The Hall–Kier alpha value is -2.18. The molecule has 1 aliphatic heterocycles. The summed E-state index contributed by atoms with van der Waals surface area (Å²) in [5.41, 5.74) is 0. The van der Waals surface area contributed by atoms with E-state index < -0.39 is 0 Å². The van der Waals surface area contributed by atoms with Crippen molar-refractivity contribution in [3.63, 3.8) is 0 Å². The van der Waals surface area contributed by atoms with Gasteiger partial charge in [0.25, 0.3) is 0 Å². The largest absolute Gasteiger partial charge is 0.373 e. The van der Waals surface area contributed by atoms with Gasteiger partial charge in [-0.1, -0.05) is 6.92 Å². The molecule has 7 heteroatoms. The Morgan fingerprint density at radius 3 is 2.56 bits per heavy atom. The third kappa shape index (κ3) is 2.55. The van der Waals surface area contributed by atoms with E-state index in [1.165, 1.54) is 0 Å². The lowest BCUT2D eigenvalue weighted by atomic mass is 10.3. The smallest absolute Gasteiger partial charge is 0.246 e. The number of hydrogen-bond acceptors (Lipinski definition) is 6. The highest BCUT2D eigenvalue weighted by Gasteiger charge is 2.24. The zero-order valence-corrected chi connectivity index (χ0v) is 10.4. The third-order valence-electron chi connectivity index (χ3n) is 2.60. The molecular weight excluding hydrogens is 234 g/mol. The van der Waals surface area contributed by atoms with Crippen molar-refractivity contribution in [2.75, 3.05) is 30.4 Å². The fourth-order valence-electron chi connectivity index (χ4n) is 1.73. The summed E-state index contributed by atoms with van der Waals surface area (Å²) in [7, 11) is 1.76. The predicted octanol–water partition coefficient (Wildman–Crippen LogP) is -0.456. The Morgan fingerprint density at radius 1 is 1.33 bits per heavy atom. The average Bonchev–Trinajstić information content (AvgIpc) is 2.37. The number of nitrogens with one attached hydrogen (secondary N) is 2. The fourth-order valence-corrected chi connectivity index (χ4v) is 1.73. The Balaban J connectivity index is 2.31. The van der Waals surface area contributed by atoms with Crippen LogP contribution in [0.2, 0.25) is 0 Å². The van der Waals surface area contributed by atoms with Crippen LogP contribution in [-0.4, -0.2) is 41.9 Å². The maximum Gasteiger partial charge on any atom is 0.246 e. The van der Waals surface area contributed by atoms with Gasteiger partial charge in [0.2, 0.25) is 11.8 Å². The first-order valence-corrected chi connectivity index (χ1v) is 5.75. The molecule has 96 valence electrons. The van der Waals surface area contributed by atoms with Crippen molar-refractivity contribution >= 4 is 23.5 Å². The summed E-state index contributed by atoms with van der Waals surface area (Å²) in [4.78, 5) is 32.9. The van der Waals surface area contributed by atoms with Crippen LogP contribution in [0.5, 0.6) is 0 Å². The number of anilines is 2. The van der Waals surface area contributed by atoms with E-state index in [0.717, 1.165) is 0 Å². The molecule has 1 aromatic heterocycles. The van der Waals surface area contributed by atoms with Crippen LogP contribution in [0.1, 0.15) is 12.7 Å². The lowest BCUT2D eigenvalue weighted by Crippen LogP contribution is -2.51. The second-order valence-electron chi connectivity index (χ2n) is 3.96. The molecule has 0 radical (unpaired) electrons. The van der Waals surface area contributed by atoms with Gasteiger partial charge in [-0.2, -0.15) is 0 Å². The molecule has 2 rings (SSSR count). The summed E-state index contributed by atoms with van der Waals surface area (Å²) in [6.07, 6.45) is 0.691. The van der Waals surface area contributed by atoms with E-state index in [9.17, 15) is 9.59 Å². The van der Waals surface area contributed by atoms with Crippen LogP contribution in [0.4, 0.5) is 11.6 Å². The van der Waals surface area contributed by atoms with Crippen molar-refractivity contribution in [2.24, 2.45) is 0 Å². The number of aryl methyl sites for hydroxylation is 1. The number of aromatic nitrogens is 2. The number of piperazine rings is 1. The van der Waals surface area contributed by atoms with Crippen molar-refractivity contribution in [3.8, 4) is 0 Å². The van der Waals surface area contributed by atoms with E-state index in [1.807, 2.05) is 6.92 Å². The Bertz CT molecular complexity index is 450. The molecule has 1 aromatic rings. The second-order valence-corrected chi connectivity index (χ2v) is 3.96. The standard InChI is InChI=1S/C11H15N5O2/c1-3-7-13-8(12-2)4-9(14-7)16-5-10(17)15-11(18)6-16/h4H,3,5-6H2,1-2H3,(H,12,13,14)(H,15,17,18). The van der Waals surface area contributed by atoms with Crippen molar-refractivity contribution in [3.05, 3.63) is 11.9 Å². The maximum atomic E-state index is 11.3. The van der Waals surface area contributed by atoms with E-state index in [2.05, 4.69) is 20.6 Å². The molecular formula is C11H15N5O2. The normalized spacial score (nSPS) is 15.6. The van der Waals surface area contributed by atoms with Crippen molar-refractivity contribution in [1.29, 1.82) is 0 Å². The first-order chi connectivity index (χ1) is 8.62. The fraction of sp³-hybridized carbons (Fsp3) is 0.455. The van der Waals surface area contributed by atoms with E-state index in [1.54, 1.807) is 18.0 Å². The van der Waals surface area contributed by atoms with Gasteiger partial charge in [-0.15, -0.1) is 0 Å². The van der Waals surface area contributed by atoms with Crippen LogP contribution in [0.15, 0.2) is 6.07 Å². The van der Waals surface area contributed by atoms with Crippen LogP contribution in [0.25, 0.3) is 0 Å². The quantitative estimate of drug-likeness (QED) is 0.705. The summed E-state index contributed by atoms with van der Waals surface area (Å²) < 4.78 is 0. The highest BCUT2D eigenvalue weighted by Crippen LogP contribution is 2.16. The second kappa shape index (κ2) is 4.99. The first-order valence-electron chi connectivity index (χ1n) is 5.75. The van der Waals surface area contributed by atoms with E-state index in [4.69, 9.17) is 0 Å². The zero-order valence-electron chi connectivity index (χ0n) is 10.4.